The molecule has 0 bridgehead atoms. The normalized spacial score (nSPS) is 22.2. The molecule has 0 radical (unpaired) electrons. The summed E-state index contributed by atoms with van der Waals surface area (Å²) in [5, 5.41) is 13.7. The van der Waals surface area contributed by atoms with Gasteiger partial charge in [-0.05, 0) is 30.7 Å². The van der Waals surface area contributed by atoms with Gasteiger partial charge in [0.1, 0.15) is 18.6 Å². The van der Waals surface area contributed by atoms with Crippen molar-refractivity contribution in [2.24, 2.45) is 5.73 Å². The van der Waals surface area contributed by atoms with Crippen LogP contribution in [0.3, 0.4) is 0 Å². The van der Waals surface area contributed by atoms with Gasteiger partial charge in [-0.3, -0.25) is 5.32 Å². The van der Waals surface area contributed by atoms with E-state index in [9.17, 15) is 5.11 Å². The Bertz CT molecular complexity index is 402. The number of ether oxygens (including phenoxy) is 1. The molecule has 2 rings (SSSR count). The lowest BCUT2D eigenvalue weighted by Gasteiger charge is -2.23. The van der Waals surface area contributed by atoms with Crippen LogP contribution in [-0.4, -0.2) is 35.1 Å². The number of hydrogen-bond donors (Lipinski definition) is 3. The van der Waals surface area contributed by atoms with Gasteiger partial charge in [0.25, 0.3) is 0 Å². The van der Waals surface area contributed by atoms with Crippen LogP contribution >= 0.6 is 23.4 Å². The van der Waals surface area contributed by atoms with Crippen LogP contribution in [0.2, 0.25) is 5.02 Å². The van der Waals surface area contributed by atoms with Crippen LogP contribution in [0.25, 0.3) is 0 Å². The lowest BCUT2D eigenvalue weighted by atomic mass is 10.2. The number of nitrogens with one attached hydrogen (secondary N) is 1. The van der Waals surface area contributed by atoms with Crippen molar-refractivity contribution in [2.75, 3.05) is 12.4 Å². The topological polar surface area (TPSA) is 67.5 Å². The van der Waals surface area contributed by atoms with Crippen LogP contribution in [0, 0.1) is 0 Å². The first-order chi connectivity index (χ1) is 9.16. The molecule has 0 saturated carbocycles. The zero-order valence-electron chi connectivity index (χ0n) is 10.6. The van der Waals surface area contributed by atoms with Gasteiger partial charge in [0, 0.05) is 5.25 Å². The van der Waals surface area contributed by atoms with Crippen molar-refractivity contribution in [3.63, 3.8) is 0 Å². The molecular formula is C13H19ClN2O2S. The molecule has 3 atom stereocenters. The second-order valence-electron chi connectivity index (χ2n) is 4.51. The Morgan fingerprint density at radius 3 is 3.00 bits per heavy atom. The summed E-state index contributed by atoms with van der Waals surface area (Å²) in [5.41, 5.74) is 5.89. The van der Waals surface area contributed by atoms with Crippen LogP contribution in [-0.2, 0) is 0 Å². The average Bonchev–Trinajstić information content (AvgIpc) is 2.91. The van der Waals surface area contributed by atoms with Crippen LogP contribution in [0.4, 0.5) is 0 Å². The molecule has 1 heterocycles. The maximum absolute atomic E-state index is 9.98. The van der Waals surface area contributed by atoms with Crippen LogP contribution in [0.15, 0.2) is 24.3 Å². The highest BCUT2D eigenvalue weighted by Crippen LogP contribution is 2.28. The van der Waals surface area contributed by atoms with Crippen molar-refractivity contribution in [3.05, 3.63) is 29.3 Å². The number of aliphatic hydroxyl groups is 1. The van der Waals surface area contributed by atoms with E-state index in [1.165, 1.54) is 0 Å². The first-order valence-corrected chi connectivity index (χ1v) is 7.78. The Morgan fingerprint density at radius 1 is 1.53 bits per heavy atom. The second-order valence-corrected chi connectivity index (χ2v) is 6.27. The lowest BCUT2D eigenvalue weighted by molar-refractivity contribution is 0.106. The Labute approximate surface area is 122 Å². The van der Waals surface area contributed by atoms with E-state index in [4.69, 9.17) is 22.1 Å². The van der Waals surface area contributed by atoms with E-state index in [1.807, 2.05) is 12.1 Å². The number of aliphatic hydroxyl groups excluding tert-OH is 1. The second kappa shape index (κ2) is 7.36. The number of hydrogen-bond acceptors (Lipinski definition) is 5. The minimum Gasteiger partial charge on any atom is -0.489 e. The average molecular weight is 303 g/mol. The Morgan fingerprint density at radius 2 is 2.32 bits per heavy atom. The third-order valence-corrected chi connectivity index (χ3v) is 4.72. The SMILES string of the molecule is NC(COc1ccccc1Cl)NC(O)C1CCCS1. The highest BCUT2D eigenvalue weighted by atomic mass is 35.5. The number of benzene rings is 1. The summed E-state index contributed by atoms with van der Waals surface area (Å²) in [5.74, 6) is 1.71. The van der Waals surface area contributed by atoms with Gasteiger partial charge in [-0.25, -0.2) is 0 Å². The summed E-state index contributed by atoms with van der Waals surface area (Å²) in [4.78, 5) is 0. The van der Waals surface area contributed by atoms with Crippen molar-refractivity contribution in [1.29, 1.82) is 0 Å². The summed E-state index contributed by atoms with van der Waals surface area (Å²) < 4.78 is 5.52. The first kappa shape index (κ1) is 14.9. The van der Waals surface area contributed by atoms with Crippen LogP contribution in [0.5, 0.6) is 5.75 Å². The maximum Gasteiger partial charge on any atom is 0.138 e. The van der Waals surface area contributed by atoms with E-state index in [0.717, 1.165) is 18.6 Å². The molecule has 6 heteroatoms. The Balaban J connectivity index is 1.75. The molecule has 0 aromatic heterocycles. The molecule has 3 unspecified atom stereocenters. The highest BCUT2D eigenvalue weighted by molar-refractivity contribution is 8.00. The number of halogens is 1. The highest BCUT2D eigenvalue weighted by Gasteiger charge is 2.24. The van der Waals surface area contributed by atoms with Gasteiger partial charge in [0.15, 0.2) is 0 Å². The molecule has 19 heavy (non-hydrogen) atoms. The molecule has 1 aliphatic heterocycles. The van der Waals surface area contributed by atoms with Crippen molar-refractivity contribution >= 4 is 23.4 Å². The van der Waals surface area contributed by atoms with E-state index >= 15 is 0 Å². The minimum atomic E-state index is -0.586. The van der Waals surface area contributed by atoms with E-state index in [-0.39, 0.29) is 11.9 Å². The summed E-state index contributed by atoms with van der Waals surface area (Å²) in [6.07, 6.45) is 1.17. The molecular weight excluding hydrogens is 284 g/mol. The zero-order chi connectivity index (χ0) is 13.7. The fourth-order valence-electron chi connectivity index (χ4n) is 1.97. The number of rotatable bonds is 6. The van der Waals surface area contributed by atoms with Crippen molar-refractivity contribution in [2.45, 2.75) is 30.5 Å². The summed E-state index contributed by atoms with van der Waals surface area (Å²) in [7, 11) is 0. The van der Waals surface area contributed by atoms with Crippen molar-refractivity contribution in [3.8, 4) is 5.75 Å². The van der Waals surface area contributed by atoms with Crippen molar-refractivity contribution < 1.29 is 9.84 Å². The molecule has 106 valence electrons. The Hall–Kier alpha value is -0.460. The van der Waals surface area contributed by atoms with E-state index in [1.54, 1.807) is 23.9 Å². The fraction of sp³-hybridized carbons (Fsp3) is 0.538. The number of thioether (sulfide) groups is 1. The number of para-hydroxylation sites is 1. The molecule has 0 amide bonds. The molecule has 0 aliphatic carbocycles. The monoisotopic (exact) mass is 302 g/mol. The van der Waals surface area contributed by atoms with E-state index < -0.39 is 12.4 Å². The molecule has 1 fully saturated rings. The van der Waals surface area contributed by atoms with Gasteiger partial charge in [-0.2, -0.15) is 11.8 Å². The molecule has 1 saturated heterocycles. The van der Waals surface area contributed by atoms with Gasteiger partial charge in [0.2, 0.25) is 0 Å². The zero-order valence-corrected chi connectivity index (χ0v) is 12.2. The van der Waals surface area contributed by atoms with Gasteiger partial charge < -0.3 is 15.6 Å². The molecule has 1 aliphatic rings. The van der Waals surface area contributed by atoms with Gasteiger partial charge in [-0.1, -0.05) is 23.7 Å². The van der Waals surface area contributed by atoms with Gasteiger partial charge >= 0.3 is 0 Å². The standard InChI is InChI=1S/C13H19ClN2O2S/c14-9-4-1-2-5-10(9)18-8-12(15)16-13(17)11-6-3-7-19-11/h1-2,4-5,11-13,16-17H,3,6-8,15H2. The summed E-state index contributed by atoms with van der Waals surface area (Å²) >= 11 is 7.76. The van der Waals surface area contributed by atoms with E-state index in [2.05, 4.69) is 5.32 Å². The van der Waals surface area contributed by atoms with Gasteiger partial charge in [-0.15, -0.1) is 0 Å². The third-order valence-electron chi connectivity index (χ3n) is 2.96. The van der Waals surface area contributed by atoms with Gasteiger partial charge in [0.05, 0.1) is 11.2 Å². The Kier molecular flexibility index (Phi) is 5.78. The quantitative estimate of drug-likeness (QED) is 0.699. The smallest absolute Gasteiger partial charge is 0.138 e. The van der Waals surface area contributed by atoms with Crippen molar-refractivity contribution in [1.82, 2.24) is 5.32 Å². The molecule has 1 aromatic carbocycles. The first-order valence-electron chi connectivity index (χ1n) is 6.35. The predicted molar refractivity (Wildman–Crippen MR) is 79.5 cm³/mol. The third kappa shape index (κ3) is 4.54. The summed E-state index contributed by atoms with van der Waals surface area (Å²) in [6.45, 7) is 0.262. The molecule has 1 aromatic rings. The fourth-order valence-corrected chi connectivity index (χ4v) is 3.39. The number of nitrogens with two attached hydrogens (primary N) is 1. The minimum absolute atomic E-state index is 0.228. The maximum atomic E-state index is 9.98. The molecule has 4 nitrogen and oxygen atoms in total. The molecule has 0 spiro atoms. The lowest BCUT2D eigenvalue weighted by Crippen LogP contribution is -2.50. The largest absolute Gasteiger partial charge is 0.489 e. The van der Waals surface area contributed by atoms with Crippen LogP contribution in [0.1, 0.15) is 12.8 Å². The van der Waals surface area contributed by atoms with E-state index in [0.29, 0.717) is 10.8 Å². The predicted octanol–water partition coefficient (Wildman–Crippen LogP) is 1.81. The molecule has 4 N–H and O–H groups in total. The van der Waals surface area contributed by atoms with Crippen LogP contribution < -0.4 is 15.8 Å². The summed E-state index contributed by atoms with van der Waals surface area (Å²) in [6, 6.07) is 7.25.